The van der Waals surface area contributed by atoms with Crippen molar-refractivity contribution in [1.82, 2.24) is 15.1 Å². The number of hydrogen-bond donors (Lipinski definition) is 2. The highest BCUT2D eigenvalue weighted by Gasteiger charge is 2.19. The maximum atomic E-state index is 11.5. The number of carbonyl (C=O) groups is 1. The van der Waals surface area contributed by atoms with Crippen LogP contribution in [0.4, 0.5) is 0 Å². The van der Waals surface area contributed by atoms with E-state index in [2.05, 4.69) is 10.4 Å². The van der Waals surface area contributed by atoms with E-state index in [9.17, 15) is 9.90 Å². The molecular formula is C11H19N3O2. The molecule has 0 saturated carbocycles. The fourth-order valence-electron chi connectivity index (χ4n) is 1.51. The summed E-state index contributed by atoms with van der Waals surface area (Å²) < 4.78 is 1.55. The maximum Gasteiger partial charge on any atom is 0.241 e. The Hall–Kier alpha value is -1.36. The molecular weight excluding hydrogens is 206 g/mol. The zero-order chi connectivity index (χ0) is 12.0. The van der Waals surface area contributed by atoms with Crippen molar-refractivity contribution in [2.45, 2.75) is 38.8 Å². The molecule has 1 rings (SSSR count). The van der Waals surface area contributed by atoms with Crippen LogP contribution >= 0.6 is 0 Å². The van der Waals surface area contributed by atoms with Crippen LogP contribution in [0.5, 0.6) is 0 Å². The van der Waals surface area contributed by atoms with Crippen molar-refractivity contribution in [3.8, 4) is 0 Å². The molecule has 1 heterocycles. The Kier molecular flexibility index (Phi) is 4.49. The van der Waals surface area contributed by atoms with Gasteiger partial charge < -0.3 is 10.4 Å². The summed E-state index contributed by atoms with van der Waals surface area (Å²) in [5, 5.41) is 16.5. The van der Waals surface area contributed by atoms with E-state index >= 15 is 0 Å². The Bertz CT molecular complexity index is 320. The Labute approximate surface area is 95.5 Å². The molecule has 2 N–H and O–H groups in total. The van der Waals surface area contributed by atoms with Gasteiger partial charge in [-0.25, -0.2) is 0 Å². The quantitative estimate of drug-likeness (QED) is 0.743. The van der Waals surface area contributed by atoms with Crippen LogP contribution in [0.25, 0.3) is 0 Å². The summed E-state index contributed by atoms with van der Waals surface area (Å²) in [6, 6.07) is 1.76. The zero-order valence-electron chi connectivity index (χ0n) is 9.81. The van der Waals surface area contributed by atoms with Gasteiger partial charge in [-0.3, -0.25) is 9.48 Å². The van der Waals surface area contributed by atoms with Gasteiger partial charge >= 0.3 is 0 Å². The molecule has 1 amide bonds. The maximum absolute atomic E-state index is 11.5. The smallest absolute Gasteiger partial charge is 0.241 e. The van der Waals surface area contributed by atoms with Gasteiger partial charge in [0.15, 0.2) is 0 Å². The first-order valence-electron chi connectivity index (χ1n) is 5.50. The fourth-order valence-corrected chi connectivity index (χ4v) is 1.51. The summed E-state index contributed by atoms with van der Waals surface area (Å²) in [7, 11) is 0. The number of nitrogens with one attached hydrogen (secondary N) is 1. The number of aliphatic hydroxyl groups is 1. The highest BCUT2D eigenvalue weighted by Crippen LogP contribution is 2.09. The van der Waals surface area contributed by atoms with Crippen molar-refractivity contribution in [3.63, 3.8) is 0 Å². The van der Waals surface area contributed by atoms with Crippen molar-refractivity contribution in [2.75, 3.05) is 6.54 Å². The molecule has 1 unspecified atom stereocenters. The first-order valence-corrected chi connectivity index (χ1v) is 5.50. The topological polar surface area (TPSA) is 67.2 Å². The van der Waals surface area contributed by atoms with Crippen LogP contribution in [0, 0.1) is 0 Å². The Morgan fingerprint density at radius 2 is 2.38 bits per heavy atom. The van der Waals surface area contributed by atoms with Gasteiger partial charge in [-0.05, 0) is 19.4 Å². The van der Waals surface area contributed by atoms with Gasteiger partial charge in [0.2, 0.25) is 5.91 Å². The van der Waals surface area contributed by atoms with Gasteiger partial charge in [-0.1, -0.05) is 13.3 Å². The second kappa shape index (κ2) is 5.65. The Morgan fingerprint density at radius 3 is 2.94 bits per heavy atom. The van der Waals surface area contributed by atoms with E-state index in [1.54, 1.807) is 30.1 Å². The lowest BCUT2D eigenvalue weighted by atomic mass is 10.0. The van der Waals surface area contributed by atoms with Gasteiger partial charge in [0.1, 0.15) is 6.54 Å². The van der Waals surface area contributed by atoms with Gasteiger partial charge in [0, 0.05) is 18.9 Å². The number of amides is 1. The molecule has 0 aromatic carbocycles. The molecule has 0 bridgehead atoms. The van der Waals surface area contributed by atoms with Gasteiger partial charge in [-0.2, -0.15) is 5.10 Å². The van der Waals surface area contributed by atoms with Crippen molar-refractivity contribution in [3.05, 3.63) is 18.5 Å². The fraction of sp³-hybridized carbons (Fsp3) is 0.636. The van der Waals surface area contributed by atoms with E-state index in [1.165, 1.54) is 0 Å². The van der Waals surface area contributed by atoms with Crippen LogP contribution < -0.4 is 5.32 Å². The van der Waals surface area contributed by atoms with Gasteiger partial charge in [0.05, 0.1) is 5.60 Å². The van der Waals surface area contributed by atoms with Crippen LogP contribution in [0.3, 0.4) is 0 Å². The monoisotopic (exact) mass is 225 g/mol. The molecule has 1 aromatic heterocycles. The third-order valence-electron chi connectivity index (χ3n) is 2.32. The minimum atomic E-state index is -0.825. The van der Waals surface area contributed by atoms with E-state index in [0.29, 0.717) is 6.42 Å². The minimum Gasteiger partial charge on any atom is -0.388 e. The summed E-state index contributed by atoms with van der Waals surface area (Å²) in [6.45, 7) is 4.20. The lowest BCUT2D eigenvalue weighted by molar-refractivity contribution is -0.123. The first-order chi connectivity index (χ1) is 7.53. The van der Waals surface area contributed by atoms with Crippen LogP contribution in [-0.4, -0.2) is 32.9 Å². The highest BCUT2D eigenvalue weighted by molar-refractivity contribution is 5.75. The molecule has 0 spiro atoms. The lowest BCUT2D eigenvalue weighted by Crippen LogP contribution is -2.41. The molecule has 5 nitrogen and oxygen atoms in total. The summed E-state index contributed by atoms with van der Waals surface area (Å²) in [5.74, 6) is -0.139. The highest BCUT2D eigenvalue weighted by atomic mass is 16.3. The Balaban J connectivity index is 2.30. The van der Waals surface area contributed by atoms with Crippen molar-refractivity contribution in [2.24, 2.45) is 0 Å². The van der Waals surface area contributed by atoms with E-state index in [4.69, 9.17) is 0 Å². The SMILES string of the molecule is CCCC(C)(O)CNC(=O)Cn1cccn1. The molecule has 1 aromatic rings. The predicted molar refractivity (Wildman–Crippen MR) is 60.8 cm³/mol. The molecule has 0 fully saturated rings. The predicted octanol–water partition coefficient (Wildman–Crippen LogP) is 0.550. The minimum absolute atomic E-state index is 0.139. The molecule has 0 saturated heterocycles. The number of hydrogen-bond acceptors (Lipinski definition) is 3. The van der Waals surface area contributed by atoms with Crippen LogP contribution in [0.2, 0.25) is 0 Å². The Morgan fingerprint density at radius 1 is 1.62 bits per heavy atom. The molecule has 16 heavy (non-hydrogen) atoms. The van der Waals surface area contributed by atoms with E-state index in [-0.39, 0.29) is 19.0 Å². The normalized spacial score (nSPS) is 14.4. The van der Waals surface area contributed by atoms with Gasteiger partial charge in [0.25, 0.3) is 0 Å². The summed E-state index contributed by atoms with van der Waals surface area (Å²) in [4.78, 5) is 11.5. The third kappa shape index (κ3) is 4.44. The van der Waals surface area contributed by atoms with Crippen molar-refractivity contribution in [1.29, 1.82) is 0 Å². The molecule has 0 radical (unpaired) electrons. The molecule has 1 atom stereocenters. The van der Waals surface area contributed by atoms with E-state index < -0.39 is 5.60 Å². The summed E-state index contributed by atoms with van der Waals surface area (Å²) >= 11 is 0. The summed E-state index contributed by atoms with van der Waals surface area (Å²) in [5.41, 5.74) is -0.825. The second-order valence-electron chi connectivity index (χ2n) is 4.23. The number of aromatic nitrogens is 2. The molecule has 0 aliphatic heterocycles. The molecule has 5 heteroatoms. The van der Waals surface area contributed by atoms with E-state index in [1.807, 2.05) is 6.92 Å². The number of carbonyl (C=O) groups excluding carboxylic acids is 1. The van der Waals surface area contributed by atoms with Crippen LogP contribution in [0.15, 0.2) is 18.5 Å². The first kappa shape index (κ1) is 12.7. The largest absolute Gasteiger partial charge is 0.388 e. The number of rotatable bonds is 6. The average molecular weight is 225 g/mol. The second-order valence-corrected chi connectivity index (χ2v) is 4.23. The van der Waals surface area contributed by atoms with Crippen molar-refractivity contribution < 1.29 is 9.90 Å². The third-order valence-corrected chi connectivity index (χ3v) is 2.32. The summed E-state index contributed by atoms with van der Waals surface area (Å²) in [6.07, 6.45) is 4.92. The molecule has 90 valence electrons. The van der Waals surface area contributed by atoms with E-state index in [0.717, 1.165) is 6.42 Å². The van der Waals surface area contributed by atoms with Crippen LogP contribution in [0.1, 0.15) is 26.7 Å². The molecule has 0 aliphatic carbocycles. The van der Waals surface area contributed by atoms with Crippen molar-refractivity contribution >= 4 is 5.91 Å². The lowest BCUT2D eigenvalue weighted by Gasteiger charge is -2.22. The van der Waals surface area contributed by atoms with Crippen LogP contribution in [-0.2, 0) is 11.3 Å². The molecule has 0 aliphatic rings. The average Bonchev–Trinajstić information content (AvgIpc) is 2.68. The zero-order valence-corrected chi connectivity index (χ0v) is 9.81. The standard InChI is InChI=1S/C11H19N3O2/c1-3-5-11(2,16)9-12-10(15)8-14-7-4-6-13-14/h4,6-7,16H,3,5,8-9H2,1-2H3,(H,12,15). The number of nitrogens with zero attached hydrogens (tertiary/aromatic N) is 2. The van der Waals surface area contributed by atoms with Gasteiger partial charge in [-0.15, -0.1) is 0 Å².